The van der Waals surface area contributed by atoms with Gasteiger partial charge in [-0.2, -0.15) is 0 Å². The Kier molecular flexibility index (Phi) is 6.42. The van der Waals surface area contributed by atoms with Crippen molar-refractivity contribution in [3.63, 3.8) is 0 Å². The van der Waals surface area contributed by atoms with Gasteiger partial charge in [-0.1, -0.05) is 72.3 Å². The van der Waals surface area contributed by atoms with Gasteiger partial charge >= 0.3 is 0 Å². The van der Waals surface area contributed by atoms with Gasteiger partial charge in [0.1, 0.15) is 18.5 Å². The monoisotopic (exact) mass is 484 g/mol. The minimum Gasteiger partial charge on any atom is -0.374 e. The van der Waals surface area contributed by atoms with Crippen LogP contribution in [0, 0.1) is 0 Å². The van der Waals surface area contributed by atoms with Gasteiger partial charge in [-0.15, -0.1) is 0 Å². The van der Waals surface area contributed by atoms with E-state index in [9.17, 15) is 4.79 Å². The fourth-order valence-electron chi connectivity index (χ4n) is 3.94. The zero-order valence-electron chi connectivity index (χ0n) is 18.0. The topological polar surface area (TPSA) is 91.3 Å². The van der Waals surface area contributed by atoms with E-state index in [2.05, 4.69) is 15.0 Å². The van der Waals surface area contributed by atoms with Gasteiger partial charge in [0.25, 0.3) is 10.7 Å². The first-order chi connectivity index (χ1) is 16.5. The fraction of sp³-hybridized carbons (Fsp3) is 0.292. The molecule has 1 aliphatic rings. The van der Waals surface area contributed by atoms with Crippen molar-refractivity contribution in [2.75, 3.05) is 6.61 Å². The molecule has 2 aromatic heterocycles. The Balaban J connectivity index is 1.39. The second kappa shape index (κ2) is 9.63. The number of H-pyrrole nitrogens is 1. The molecule has 1 fully saturated rings. The predicted molar refractivity (Wildman–Crippen MR) is 123 cm³/mol. The minimum atomic E-state index is -2.56. The van der Waals surface area contributed by atoms with E-state index >= 15 is 4.39 Å². The van der Waals surface area contributed by atoms with Crippen LogP contribution in [0.5, 0.6) is 0 Å². The molecule has 2 aromatic carbocycles. The lowest BCUT2D eigenvalue weighted by atomic mass is 10.1. The summed E-state index contributed by atoms with van der Waals surface area (Å²) in [6.07, 6.45) is -1.04. The summed E-state index contributed by atoms with van der Waals surface area (Å²) in [7, 11) is 0. The van der Waals surface area contributed by atoms with Crippen molar-refractivity contribution in [3.05, 3.63) is 94.8 Å². The third-order valence-electron chi connectivity index (χ3n) is 5.64. The van der Waals surface area contributed by atoms with E-state index in [-0.39, 0.29) is 24.4 Å². The molecule has 1 aliphatic heterocycles. The maximum absolute atomic E-state index is 16.1. The Hall–Kier alpha value is -3.11. The molecule has 0 radical (unpaired) electrons. The number of alkyl halides is 2. The molecular formula is C24H22ClFN4O4. The van der Waals surface area contributed by atoms with Crippen LogP contribution in [0.25, 0.3) is 11.2 Å². The average molecular weight is 485 g/mol. The first kappa shape index (κ1) is 22.7. The van der Waals surface area contributed by atoms with Crippen molar-refractivity contribution in [3.8, 4) is 0 Å². The van der Waals surface area contributed by atoms with Crippen LogP contribution < -0.4 is 5.56 Å². The molecule has 3 heterocycles. The Bertz CT molecular complexity index is 1300. The van der Waals surface area contributed by atoms with Crippen LogP contribution in [-0.4, -0.2) is 43.5 Å². The van der Waals surface area contributed by atoms with Crippen molar-refractivity contribution < 1.29 is 18.6 Å². The van der Waals surface area contributed by atoms with Crippen LogP contribution in [0.4, 0.5) is 4.39 Å². The van der Waals surface area contributed by atoms with Crippen LogP contribution >= 0.6 is 11.6 Å². The zero-order chi connectivity index (χ0) is 23.5. The Morgan fingerprint density at radius 2 is 1.74 bits per heavy atom. The van der Waals surface area contributed by atoms with Crippen molar-refractivity contribution >= 4 is 22.8 Å². The predicted octanol–water partition coefficient (Wildman–Crippen LogP) is 3.72. The first-order valence-electron chi connectivity index (χ1n) is 10.7. The average Bonchev–Trinajstić information content (AvgIpc) is 3.42. The summed E-state index contributed by atoms with van der Waals surface area (Å²) in [5.74, 6) is 0. The van der Waals surface area contributed by atoms with Crippen molar-refractivity contribution in [2.24, 2.45) is 0 Å². The van der Waals surface area contributed by atoms with Crippen LogP contribution in [-0.2, 0) is 27.4 Å². The van der Waals surface area contributed by atoms with E-state index in [4.69, 9.17) is 25.8 Å². The molecule has 0 aliphatic carbocycles. The highest BCUT2D eigenvalue weighted by Crippen LogP contribution is 2.46. The standard InChI is InChI=1S/C24H22ClFN4O4/c25-24(26)20(33-12-17-9-5-2-6-10-17)18(13-32-11-16-7-3-1-4-8-16)34-23(24)30-15-29-21-19(22(30)31)27-14-28-21/h1-10,14-15,18,20,23H,11-13H2,(H,27,28). The third kappa shape index (κ3) is 4.47. The number of aromatic amines is 1. The third-order valence-corrected chi connectivity index (χ3v) is 6.04. The highest BCUT2D eigenvalue weighted by atomic mass is 35.5. The lowest BCUT2D eigenvalue weighted by Crippen LogP contribution is -2.42. The number of fused-ring (bicyclic) bond motifs is 1. The molecular weight excluding hydrogens is 463 g/mol. The lowest BCUT2D eigenvalue weighted by molar-refractivity contribution is -0.0831. The molecule has 5 rings (SSSR count). The van der Waals surface area contributed by atoms with Crippen LogP contribution in [0.15, 0.2) is 78.1 Å². The van der Waals surface area contributed by atoms with E-state index in [1.54, 1.807) is 0 Å². The summed E-state index contributed by atoms with van der Waals surface area (Å²) in [6.45, 7) is 0.426. The second-order valence-corrected chi connectivity index (χ2v) is 8.56. The summed E-state index contributed by atoms with van der Waals surface area (Å²) in [6, 6.07) is 18.9. The number of ether oxygens (including phenoxy) is 3. The summed E-state index contributed by atoms with van der Waals surface area (Å²) >= 11 is 6.40. The normalized spacial score (nSPS) is 24.6. The number of hydrogen-bond donors (Lipinski definition) is 1. The summed E-state index contributed by atoms with van der Waals surface area (Å²) in [5, 5.41) is -2.56. The molecule has 4 atom stereocenters. The van der Waals surface area contributed by atoms with E-state index in [0.717, 1.165) is 15.7 Å². The Morgan fingerprint density at radius 1 is 1.06 bits per heavy atom. The Labute approximate surface area is 199 Å². The summed E-state index contributed by atoms with van der Waals surface area (Å²) in [5.41, 5.74) is 1.58. The van der Waals surface area contributed by atoms with Crippen molar-refractivity contribution in [2.45, 2.75) is 36.8 Å². The maximum atomic E-state index is 16.1. The van der Waals surface area contributed by atoms with Gasteiger partial charge in [0.2, 0.25) is 0 Å². The lowest BCUT2D eigenvalue weighted by Gasteiger charge is -2.26. The summed E-state index contributed by atoms with van der Waals surface area (Å²) in [4.78, 5) is 23.8. The quantitative estimate of drug-likeness (QED) is 0.383. The fourth-order valence-corrected chi connectivity index (χ4v) is 4.30. The molecule has 1 N–H and O–H groups in total. The number of imidazole rings is 1. The number of benzene rings is 2. The molecule has 0 spiro atoms. The van der Waals surface area contributed by atoms with E-state index in [0.29, 0.717) is 6.61 Å². The van der Waals surface area contributed by atoms with Crippen LogP contribution in [0.2, 0.25) is 0 Å². The van der Waals surface area contributed by atoms with Gasteiger partial charge in [0, 0.05) is 0 Å². The highest BCUT2D eigenvalue weighted by molar-refractivity contribution is 6.23. The molecule has 34 heavy (non-hydrogen) atoms. The van der Waals surface area contributed by atoms with Gasteiger partial charge < -0.3 is 19.2 Å². The molecule has 0 saturated carbocycles. The molecule has 10 heteroatoms. The molecule has 0 amide bonds. The molecule has 4 aromatic rings. The molecule has 1 saturated heterocycles. The number of nitrogens with one attached hydrogen (secondary N) is 1. The second-order valence-electron chi connectivity index (χ2n) is 7.98. The first-order valence-corrected chi connectivity index (χ1v) is 11.1. The van der Waals surface area contributed by atoms with Gasteiger partial charge in [-0.05, 0) is 11.1 Å². The maximum Gasteiger partial charge on any atom is 0.283 e. The van der Waals surface area contributed by atoms with Crippen LogP contribution in [0.3, 0.4) is 0 Å². The molecule has 8 nitrogen and oxygen atoms in total. The molecule has 0 bridgehead atoms. The highest BCUT2D eigenvalue weighted by Gasteiger charge is 2.59. The van der Waals surface area contributed by atoms with Crippen molar-refractivity contribution in [1.29, 1.82) is 0 Å². The minimum absolute atomic E-state index is 0.00999. The number of nitrogens with zero attached hydrogens (tertiary/aromatic N) is 3. The van der Waals surface area contributed by atoms with Gasteiger partial charge in [0.15, 0.2) is 17.4 Å². The van der Waals surface area contributed by atoms with Crippen molar-refractivity contribution in [1.82, 2.24) is 19.5 Å². The number of aromatic nitrogens is 4. The van der Waals surface area contributed by atoms with E-state index in [1.807, 2.05) is 60.7 Å². The number of hydrogen-bond acceptors (Lipinski definition) is 6. The number of halogens is 2. The zero-order valence-corrected chi connectivity index (χ0v) is 18.8. The Morgan fingerprint density at radius 3 is 2.44 bits per heavy atom. The van der Waals surface area contributed by atoms with Gasteiger partial charge in [-0.3, -0.25) is 9.36 Å². The SMILES string of the molecule is O=c1c2nc[nH]c2ncn1C1OC(COCc2ccccc2)C(OCc2ccccc2)C1(F)Cl. The van der Waals surface area contributed by atoms with Crippen LogP contribution in [0.1, 0.15) is 17.4 Å². The smallest absolute Gasteiger partial charge is 0.283 e. The summed E-state index contributed by atoms with van der Waals surface area (Å²) < 4.78 is 34.7. The van der Waals surface area contributed by atoms with Gasteiger partial charge in [0.05, 0.1) is 26.1 Å². The van der Waals surface area contributed by atoms with E-state index in [1.165, 1.54) is 12.7 Å². The van der Waals surface area contributed by atoms with Gasteiger partial charge in [-0.25, -0.2) is 14.4 Å². The van der Waals surface area contributed by atoms with E-state index < -0.39 is 29.1 Å². The largest absolute Gasteiger partial charge is 0.374 e. The molecule has 176 valence electrons. The molecule has 4 unspecified atom stereocenters. The number of rotatable bonds is 8.